The highest BCUT2D eigenvalue weighted by Crippen LogP contribution is 2.41. The number of ether oxygens (including phenoxy) is 1. The zero-order chi connectivity index (χ0) is 20.3. The zero-order valence-electron chi connectivity index (χ0n) is 16.2. The van der Waals surface area contributed by atoms with Gasteiger partial charge in [-0.3, -0.25) is 4.79 Å². The molecule has 0 heterocycles. The number of benzene rings is 1. The lowest BCUT2D eigenvalue weighted by Gasteiger charge is -2.20. The Bertz CT molecular complexity index is 759. The Morgan fingerprint density at radius 1 is 1.21 bits per heavy atom. The Morgan fingerprint density at radius 3 is 2.57 bits per heavy atom. The van der Waals surface area contributed by atoms with Crippen LogP contribution in [0.25, 0.3) is 0 Å². The van der Waals surface area contributed by atoms with E-state index in [9.17, 15) is 18.0 Å². The molecular weight excluding hydrogens is 369 g/mol. The van der Waals surface area contributed by atoms with E-state index in [0.717, 1.165) is 19.3 Å². The second-order valence-corrected chi connectivity index (χ2v) is 7.95. The fourth-order valence-corrected chi connectivity index (χ4v) is 4.56. The lowest BCUT2D eigenvalue weighted by atomic mass is 9.94. The Balaban J connectivity index is 1.80. The number of aliphatic carboxylic acids is 1. The molecule has 3 nitrogen and oxygen atoms in total. The molecule has 0 radical (unpaired) electrons. The first-order valence-corrected chi connectivity index (χ1v) is 10.0. The van der Waals surface area contributed by atoms with Gasteiger partial charge in [-0.05, 0) is 61.6 Å². The minimum Gasteiger partial charge on any atom is -0.486 e. The van der Waals surface area contributed by atoms with E-state index in [2.05, 4.69) is 0 Å². The number of carboxylic acid groups (broad SMARTS) is 1. The highest BCUT2D eigenvalue weighted by molar-refractivity contribution is 5.67. The highest BCUT2D eigenvalue weighted by atomic mass is 19.3. The largest absolute Gasteiger partial charge is 0.486 e. The van der Waals surface area contributed by atoms with Crippen molar-refractivity contribution in [1.29, 1.82) is 0 Å². The van der Waals surface area contributed by atoms with E-state index in [-0.39, 0.29) is 30.8 Å². The van der Waals surface area contributed by atoms with Gasteiger partial charge in [-0.25, -0.2) is 13.2 Å². The Morgan fingerprint density at radius 2 is 1.93 bits per heavy atom. The van der Waals surface area contributed by atoms with E-state index in [0.29, 0.717) is 12.8 Å². The number of carboxylic acids is 1. The lowest BCUT2D eigenvalue weighted by molar-refractivity contribution is -0.137. The van der Waals surface area contributed by atoms with Crippen LogP contribution in [0.15, 0.2) is 23.3 Å². The number of hydrogen-bond acceptors (Lipinski definition) is 2. The maximum atomic E-state index is 14.9. The summed E-state index contributed by atoms with van der Waals surface area (Å²) in [5.74, 6) is -5.21. The van der Waals surface area contributed by atoms with Crippen LogP contribution < -0.4 is 4.74 Å². The van der Waals surface area contributed by atoms with Crippen molar-refractivity contribution in [2.24, 2.45) is 5.92 Å². The SMILES string of the molecule is CC(F)(F)c1c(CCC(=O)O)ccc(OCC2=C(C3CCCC3)CCC2)c1F. The first-order valence-electron chi connectivity index (χ1n) is 10.0. The number of allylic oxidation sites excluding steroid dienone is 1. The molecule has 0 aromatic heterocycles. The monoisotopic (exact) mass is 396 g/mol. The quantitative estimate of drug-likeness (QED) is 0.548. The molecule has 1 fully saturated rings. The van der Waals surface area contributed by atoms with Crippen LogP contribution in [0, 0.1) is 11.7 Å². The van der Waals surface area contributed by atoms with Crippen molar-refractivity contribution in [3.63, 3.8) is 0 Å². The van der Waals surface area contributed by atoms with Gasteiger partial charge in [-0.2, -0.15) is 0 Å². The van der Waals surface area contributed by atoms with Gasteiger partial charge in [0.1, 0.15) is 6.61 Å². The summed E-state index contributed by atoms with van der Waals surface area (Å²) in [4.78, 5) is 10.8. The fourth-order valence-electron chi connectivity index (χ4n) is 4.56. The van der Waals surface area contributed by atoms with Crippen LogP contribution in [0.5, 0.6) is 5.75 Å². The van der Waals surface area contributed by atoms with Crippen LogP contribution in [0.3, 0.4) is 0 Å². The van der Waals surface area contributed by atoms with E-state index in [1.807, 2.05) is 0 Å². The van der Waals surface area contributed by atoms with Crippen LogP contribution in [0.1, 0.15) is 69.4 Å². The molecule has 0 unspecified atom stereocenters. The van der Waals surface area contributed by atoms with Crippen molar-refractivity contribution in [2.45, 2.75) is 70.6 Å². The number of hydrogen-bond donors (Lipinski definition) is 1. The first kappa shape index (κ1) is 20.7. The fraction of sp³-hybridized carbons (Fsp3) is 0.591. The predicted molar refractivity (Wildman–Crippen MR) is 100 cm³/mol. The van der Waals surface area contributed by atoms with Crippen molar-refractivity contribution < 1.29 is 27.8 Å². The third kappa shape index (κ3) is 4.70. The maximum Gasteiger partial charge on any atom is 0.303 e. The molecule has 0 bridgehead atoms. The summed E-state index contributed by atoms with van der Waals surface area (Å²) in [5.41, 5.74) is 1.86. The molecule has 28 heavy (non-hydrogen) atoms. The molecule has 1 aromatic rings. The summed E-state index contributed by atoms with van der Waals surface area (Å²) in [5, 5.41) is 8.80. The summed E-state index contributed by atoms with van der Waals surface area (Å²) in [6.45, 7) is 0.850. The average molecular weight is 396 g/mol. The maximum absolute atomic E-state index is 14.9. The lowest BCUT2D eigenvalue weighted by Crippen LogP contribution is -2.16. The van der Waals surface area contributed by atoms with E-state index in [4.69, 9.17) is 9.84 Å². The minimum atomic E-state index is -3.42. The molecule has 0 spiro atoms. The van der Waals surface area contributed by atoms with Gasteiger partial charge in [0.15, 0.2) is 11.6 Å². The third-order valence-electron chi connectivity index (χ3n) is 5.87. The van der Waals surface area contributed by atoms with Gasteiger partial charge in [-0.1, -0.05) is 24.5 Å². The molecule has 0 atom stereocenters. The minimum absolute atomic E-state index is 0.00600. The standard InChI is InChI=1S/C22H27F3O3/c1-22(24,25)20-15(10-12-19(26)27)9-11-18(21(20)23)28-13-16-7-4-8-17(16)14-5-2-3-6-14/h9,11,14H,2-8,10,12-13H2,1H3,(H,26,27). The van der Waals surface area contributed by atoms with Gasteiger partial charge in [0, 0.05) is 13.3 Å². The zero-order valence-corrected chi connectivity index (χ0v) is 16.2. The predicted octanol–water partition coefficient (Wildman–Crippen LogP) is 6.00. The summed E-state index contributed by atoms with van der Waals surface area (Å²) in [6, 6.07) is 2.70. The molecule has 154 valence electrons. The normalized spacial score (nSPS) is 18.1. The van der Waals surface area contributed by atoms with Crippen molar-refractivity contribution in [3.8, 4) is 5.75 Å². The second-order valence-electron chi connectivity index (χ2n) is 7.95. The van der Waals surface area contributed by atoms with Gasteiger partial charge in [0.25, 0.3) is 5.92 Å². The second kappa shape index (κ2) is 8.58. The first-order chi connectivity index (χ1) is 13.3. The van der Waals surface area contributed by atoms with Gasteiger partial charge < -0.3 is 9.84 Å². The molecule has 6 heteroatoms. The summed E-state index contributed by atoms with van der Waals surface area (Å²) < 4.78 is 48.6. The number of halogens is 3. The molecule has 0 aliphatic heterocycles. The summed E-state index contributed by atoms with van der Waals surface area (Å²) in [7, 11) is 0. The van der Waals surface area contributed by atoms with Crippen LogP contribution in [-0.4, -0.2) is 17.7 Å². The van der Waals surface area contributed by atoms with Crippen molar-refractivity contribution in [1.82, 2.24) is 0 Å². The smallest absolute Gasteiger partial charge is 0.303 e. The van der Waals surface area contributed by atoms with Crippen LogP contribution in [0.4, 0.5) is 13.2 Å². The number of aryl methyl sites for hydroxylation is 1. The van der Waals surface area contributed by atoms with Crippen molar-refractivity contribution in [2.75, 3.05) is 6.61 Å². The Kier molecular flexibility index (Phi) is 6.36. The van der Waals surface area contributed by atoms with Gasteiger partial charge >= 0.3 is 5.97 Å². The molecular formula is C22H27F3O3. The summed E-state index contributed by atoms with van der Waals surface area (Å²) >= 11 is 0. The molecule has 2 aliphatic rings. The molecule has 3 rings (SSSR count). The molecule has 1 aromatic carbocycles. The molecule has 1 saturated carbocycles. The summed E-state index contributed by atoms with van der Waals surface area (Å²) in [6.07, 6.45) is 7.42. The van der Waals surface area contributed by atoms with Gasteiger partial charge in [0.2, 0.25) is 0 Å². The van der Waals surface area contributed by atoms with Crippen LogP contribution in [-0.2, 0) is 17.1 Å². The van der Waals surface area contributed by atoms with E-state index in [1.165, 1.54) is 49.0 Å². The topological polar surface area (TPSA) is 46.5 Å². The van der Waals surface area contributed by atoms with E-state index >= 15 is 0 Å². The van der Waals surface area contributed by atoms with E-state index < -0.39 is 23.3 Å². The molecule has 2 aliphatic carbocycles. The average Bonchev–Trinajstić information content (AvgIpc) is 3.28. The molecule has 0 saturated heterocycles. The number of alkyl halides is 2. The van der Waals surface area contributed by atoms with Crippen molar-refractivity contribution in [3.05, 3.63) is 40.2 Å². The number of carbonyl (C=O) groups is 1. The van der Waals surface area contributed by atoms with Crippen LogP contribution >= 0.6 is 0 Å². The number of rotatable bonds is 8. The Labute approximate surface area is 163 Å². The van der Waals surface area contributed by atoms with Crippen molar-refractivity contribution >= 4 is 5.97 Å². The molecule has 1 N–H and O–H groups in total. The Hall–Kier alpha value is -1.98. The third-order valence-corrected chi connectivity index (χ3v) is 5.87. The van der Waals surface area contributed by atoms with Crippen LogP contribution in [0.2, 0.25) is 0 Å². The van der Waals surface area contributed by atoms with Gasteiger partial charge in [-0.15, -0.1) is 0 Å². The van der Waals surface area contributed by atoms with Gasteiger partial charge in [0.05, 0.1) is 5.56 Å². The highest BCUT2D eigenvalue weighted by Gasteiger charge is 2.33. The van der Waals surface area contributed by atoms with E-state index in [1.54, 1.807) is 0 Å². The molecule has 0 amide bonds.